The normalized spacial score (nSPS) is 21.9. The van der Waals surface area contributed by atoms with Crippen LogP contribution in [-0.2, 0) is 9.59 Å². The molecule has 0 aromatic carbocycles. The van der Waals surface area contributed by atoms with Crippen molar-refractivity contribution in [2.45, 2.75) is 18.9 Å². The summed E-state index contributed by atoms with van der Waals surface area (Å²) in [5, 5.41) is 0. The highest BCUT2D eigenvalue weighted by atomic mass is 16.2. The van der Waals surface area contributed by atoms with Crippen LogP contribution >= 0.6 is 0 Å². The highest BCUT2D eigenvalue weighted by Crippen LogP contribution is 2.19. The predicted octanol–water partition coefficient (Wildman–Crippen LogP) is 0.0623. The summed E-state index contributed by atoms with van der Waals surface area (Å²) in [6.45, 7) is 0. The maximum atomic E-state index is 11.7. The second-order valence-corrected chi connectivity index (χ2v) is 3.42. The van der Waals surface area contributed by atoms with Gasteiger partial charge in [0.25, 0.3) is 5.91 Å². The first-order valence-corrected chi connectivity index (χ1v) is 4.72. The van der Waals surface area contributed by atoms with Crippen LogP contribution in [0.15, 0.2) is 24.5 Å². The molecule has 2 heterocycles. The molecule has 1 atom stereocenters. The molecular formula is C10H11N3O2. The first-order chi connectivity index (χ1) is 7.20. The van der Waals surface area contributed by atoms with Crippen molar-refractivity contribution in [1.29, 1.82) is 0 Å². The Morgan fingerprint density at radius 1 is 1.47 bits per heavy atom. The molecule has 2 amide bonds. The summed E-state index contributed by atoms with van der Waals surface area (Å²) in [5.41, 5.74) is 6.09. The first kappa shape index (κ1) is 9.79. The van der Waals surface area contributed by atoms with Crippen LogP contribution in [-0.4, -0.2) is 22.8 Å². The van der Waals surface area contributed by atoms with E-state index in [-0.39, 0.29) is 11.8 Å². The monoisotopic (exact) mass is 205 g/mol. The Bertz CT molecular complexity index is 391. The maximum absolute atomic E-state index is 11.7. The van der Waals surface area contributed by atoms with Gasteiger partial charge in [0.15, 0.2) is 0 Å². The van der Waals surface area contributed by atoms with Gasteiger partial charge in [-0.15, -0.1) is 0 Å². The number of hydrogen-bond donors (Lipinski definition) is 1. The molecule has 1 saturated heterocycles. The molecule has 1 fully saturated rings. The second kappa shape index (κ2) is 3.78. The lowest BCUT2D eigenvalue weighted by molar-refractivity contribution is -0.130. The van der Waals surface area contributed by atoms with E-state index < -0.39 is 6.04 Å². The minimum atomic E-state index is -0.581. The number of nitrogens with zero attached hydrogens (tertiary/aromatic N) is 2. The molecule has 0 radical (unpaired) electrons. The summed E-state index contributed by atoms with van der Waals surface area (Å²) in [4.78, 5) is 28.2. The van der Waals surface area contributed by atoms with Gasteiger partial charge in [-0.2, -0.15) is 0 Å². The Morgan fingerprint density at radius 3 is 2.93 bits per heavy atom. The molecule has 2 rings (SSSR count). The molecule has 2 N–H and O–H groups in total. The van der Waals surface area contributed by atoms with Crippen LogP contribution in [0.1, 0.15) is 12.8 Å². The second-order valence-electron chi connectivity index (χ2n) is 3.42. The van der Waals surface area contributed by atoms with E-state index >= 15 is 0 Å². The molecule has 5 heteroatoms. The lowest BCUT2D eigenvalue weighted by atomic mass is 10.0. The highest BCUT2D eigenvalue weighted by molar-refractivity contribution is 6.18. The number of anilines is 1. The molecule has 0 unspecified atom stereocenters. The Kier molecular flexibility index (Phi) is 2.47. The molecule has 78 valence electrons. The van der Waals surface area contributed by atoms with E-state index in [0.717, 1.165) is 4.90 Å². The smallest absolute Gasteiger partial charge is 0.250 e. The van der Waals surface area contributed by atoms with Crippen molar-refractivity contribution in [1.82, 2.24) is 4.98 Å². The number of imide groups is 1. The van der Waals surface area contributed by atoms with Gasteiger partial charge in [-0.3, -0.25) is 14.6 Å². The number of nitrogens with two attached hydrogens (primary N) is 1. The largest absolute Gasteiger partial charge is 0.320 e. The fourth-order valence-corrected chi connectivity index (χ4v) is 1.56. The van der Waals surface area contributed by atoms with Gasteiger partial charge in [0.2, 0.25) is 5.91 Å². The van der Waals surface area contributed by atoms with Crippen LogP contribution in [0.4, 0.5) is 5.69 Å². The Hall–Kier alpha value is -1.75. The Morgan fingerprint density at radius 2 is 2.27 bits per heavy atom. The van der Waals surface area contributed by atoms with E-state index in [1.165, 1.54) is 6.20 Å². The van der Waals surface area contributed by atoms with E-state index in [4.69, 9.17) is 5.73 Å². The standard InChI is InChI=1S/C10H11N3O2/c11-8-3-4-9(14)13(10(8)15)7-2-1-5-12-6-7/h1-2,5-6,8H,3-4,11H2/t8-/m1/s1. The molecule has 0 aliphatic carbocycles. The third-order valence-electron chi connectivity index (χ3n) is 2.36. The summed E-state index contributed by atoms with van der Waals surface area (Å²) in [6, 6.07) is 2.76. The summed E-state index contributed by atoms with van der Waals surface area (Å²) >= 11 is 0. The minimum Gasteiger partial charge on any atom is -0.320 e. The van der Waals surface area contributed by atoms with E-state index in [2.05, 4.69) is 4.98 Å². The van der Waals surface area contributed by atoms with Crippen molar-refractivity contribution >= 4 is 17.5 Å². The molecule has 0 saturated carbocycles. The van der Waals surface area contributed by atoms with E-state index in [1.807, 2.05) is 0 Å². The van der Waals surface area contributed by atoms with Crippen molar-refractivity contribution in [3.63, 3.8) is 0 Å². The van der Waals surface area contributed by atoms with E-state index in [1.54, 1.807) is 18.3 Å². The predicted molar refractivity (Wildman–Crippen MR) is 53.9 cm³/mol. The molecule has 1 aliphatic rings. The molecule has 1 aromatic rings. The highest BCUT2D eigenvalue weighted by Gasteiger charge is 2.33. The van der Waals surface area contributed by atoms with Crippen molar-refractivity contribution in [3.05, 3.63) is 24.5 Å². The lowest BCUT2D eigenvalue weighted by Gasteiger charge is -2.28. The lowest BCUT2D eigenvalue weighted by Crippen LogP contribution is -2.51. The maximum Gasteiger partial charge on any atom is 0.250 e. The van der Waals surface area contributed by atoms with Crippen molar-refractivity contribution < 1.29 is 9.59 Å². The SMILES string of the molecule is N[C@@H]1CCC(=O)N(c2cccnc2)C1=O. The van der Waals surface area contributed by atoms with Crippen LogP contribution < -0.4 is 10.6 Å². The fraction of sp³-hybridized carbons (Fsp3) is 0.300. The van der Waals surface area contributed by atoms with Gasteiger partial charge in [-0.25, -0.2) is 4.90 Å². The zero-order valence-electron chi connectivity index (χ0n) is 8.09. The molecule has 1 aliphatic heterocycles. The fourth-order valence-electron chi connectivity index (χ4n) is 1.56. The van der Waals surface area contributed by atoms with Crippen molar-refractivity contribution in [3.8, 4) is 0 Å². The molecular weight excluding hydrogens is 194 g/mol. The van der Waals surface area contributed by atoms with Crippen LogP contribution in [0.5, 0.6) is 0 Å². The summed E-state index contributed by atoms with van der Waals surface area (Å²) in [7, 11) is 0. The average Bonchev–Trinajstić information content (AvgIpc) is 2.26. The number of carbonyl (C=O) groups is 2. The van der Waals surface area contributed by atoms with Gasteiger partial charge in [0, 0.05) is 12.6 Å². The number of amides is 2. The van der Waals surface area contributed by atoms with Crippen LogP contribution in [0.3, 0.4) is 0 Å². The van der Waals surface area contributed by atoms with E-state index in [9.17, 15) is 9.59 Å². The molecule has 0 spiro atoms. The van der Waals surface area contributed by atoms with Gasteiger partial charge in [0.1, 0.15) is 0 Å². The van der Waals surface area contributed by atoms with Crippen LogP contribution in [0, 0.1) is 0 Å². The quantitative estimate of drug-likeness (QED) is 0.658. The zero-order valence-corrected chi connectivity index (χ0v) is 8.09. The van der Waals surface area contributed by atoms with Crippen LogP contribution in [0.25, 0.3) is 0 Å². The number of piperidine rings is 1. The van der Waals surface area contributed by atoms with Gasteiger partial charge in [-0.1, -0.05) is 0 Å². The summed E-state index contributed by atoms with van der Waals surface area (Å²) in [6.07, 6.45) is 3.80. The number of carbonyl (C=O) groups excluding carboxylic acids is 2. The number of rotatable bonds is 1. The Balaban J connectivity index is 2.34. The topological polar surface area (TPSA) is 76.3 Å². The van der Waals surface area contributed by atoms with Gasteiger partial charge < -0.3 is 5.73 Å². The molecule has 0 bridgehead atoms. The number of pyridine rings is 1. The van der Waals surface area contributed by atoms with Crippen molar-refractivity contribution in [2.75, 3.05) is 4.90 Å². The average molecular weight is 205 g/mol. The first-order valence-electron chi connectivity index (χ1n) is 4.72. The van der Waals surface area contributed by atoms with Gasteiger partial charge in [0.05, 0.1) is 17.9 Å². The molecule has 5 nitrogen and oxygen atoms in total. The van der Waals surface area contributed by atoms with Gasteiger partial charge >= 0.3 is 0 Å². The minimum absolute atomic E-state index is 0.213. The molecule has 15 heavy (non-hydrogen) atoms. The molecule has 1 aromatic heterocycles. The summed E-state index contributed by atoms with van der Waals surface area (Å²) < 4.78 is 0. The van der Waals surface area contributed by atoms with E-state index in [0.29, 0.717) is 18.5 Å². The third-order valence-corrected chi connectivity index (χ3v) is 2.36. The number of hydrogen-bond acceptors (Lipinski definition) is 4. The summed E-state index contributed by atoms with van der Waals surface area (Å²) in [5.74, 6) is -0.561. The Labute approximate surface area is 86.9 Å². The number of aromatic nitrogens is 1. The van der Waals surface area contributed by atoms with Crippen molar-refractivity contribution in [2.24, 2.45) is 5.73 Å². The van der Waals surface area contributed by atoms with Gasteiger partial charge in [-0.05, 0) is 18.6 Å². The van der Waals surface area contributed by atoms with Crippen LogP contribution in [0.2, 0.25) is 0 Å². The zero-order chi connectivity index (χ0) is 10.8. The third kappa shape index (κ3) is 1.73.